The van der Waals surface area contributed by atoms with Gasteiger partial charge in [-0.3, -0.25) is 9.78 Å². The maximum atomic E-state index is 12.4. The van der Waals surface area contributed by atoms with Gasteiger partial charge in [0.15, 0.2) is 0 Å². The number of pyridine rings is 1. The van der Waals surface area contributed by atoms with E-state index >= 15 is 0 Å². The third-order valence-electron chi connectivity index (χ3n) is 3.58. The molecule has 1 aromatic rings. The van der Waals surface area contributed by atoms with Gasteiger partial charge in [0.25, 0.3) is 5.91 Å². The largest absolute Gasteiger partial charge is 0.337 e. The van der Waals surface area contributed by atoms with Gasteiger partial charge in [-0.05, 0) is 32.5 Å². The second-order valence-corrected chi connectivity index (χ2v) is 5.05. The van der Waals surface area contributed by atoms with Gasteiger partial charge in [-0.2, -0.15) is 5.26 Å². The number of aromatic nitrogens is 1. The van der Waals surface area contributed by atoms with Crippen molar-refractivity contribution in [3.05, 3.63) is 29.6 Å². The second-order valence-electron chi connectivity index (χ2n) is 5.05. The van der Waals surface area contributed by atoms with Gasteiger partial charge in [-0.1, -0.05) is 0 Å². The smallest absolute Gasteiger partial charge is 0.255 e. The molecule has 1 amide bonds. The molecule has 1 aliphatic heterocycles. The van der Waals surface area contributed by atoms with E-state index in [2.05, 4.69) is 16.9 Å². The van der Waals surface area contributed by atoms with Crippen LogP contribution in [0.4, 0.5) is 0 Å². The van der Waals surface area contributed by atoms with Gasteiger partial charge < -0.3 is 9.80 Å². The second kappa shape index (κ2) is 5.81. The number of nitriles is 1. The van der Waals surface area contributed by atoms with Gasteiger partial charge >= 0.3 is 0 Å². The molecule has 5 nitrogen and oxygen atoms in total. The van der Waals surface area contributed by atoms with Gasteiger partial charge in [-0.25, -0.2) is 0 Å². The highest BCUT2D eigenvalue weighted by atomic mass is 16.2. The molecule has 0 N–H and O–H groups in total. The van der Waals surface area contributed by atoms with Crippen LogP contribution in [-0.2, 0) is 0 Å². The Morgan fingerprint density at radius 1 is 1.58 bits per heavy atom. The van der Waals surface area contributed by atoms with Crippen LogP contribution >= 0.6 is 0 Å². The van der Waals surface area contributed by atoms with Gasteiger partial charge in [0.2, 0.25) is 0 Å². The molecule has 0 spiro atoms. The van der Waals surface area contributed by atoms with Gasteiger partial charge in [0.05, 0.1) is 11.1 Å². The van der Waals surface area contributed by atoms with Crippen molar-refractivity contribution in [3.63, 3.8) is 0 Å². The third kappa shape index (κ3) is 3.09. The van der Waals surface area contributed by atoms with Crippen molar-refractivity contribution in [2.45, 2.75) is 18.9 Å². The Morgan fingerprint density at radius 3 is 3.05 bits per heavy atom. The van der Waals surface area contributed by atoms with Gasteiger partial charge in [0, 0.05) is 32.0 Å². The summed E-state index contributed by atoms with van der Waals surface area (Å²) in [5.41, 5.74) is 0.898. The fourth-order valence-corrected chi connectivity index (χ4v) is 2.44. The molecule has 0 bridgehead atoms. The Hall–Kier alpha value is -1.93. The molecule has 1 aromatic heterocycles. The minimum absolute atomic E-state index is 0.0649. The van der Waals surface area contributed by atoms with E-state index in [-0.39, 0.29) is 11.9 Å². The maximum absolute atomic E-state index is 12.4. The number of hydrogen-bond acceptors (Lipinski definition) is 4. The van der Waals surface area contributed by atoms with E-state index < -0.39 is 0 Å². The molecule has 19 heavy (non-hydrogen) atoms. The molecule has 100 valence electrons. The van der Waals surface area contributed by atoms with Crippen LogP contribution in [0.3, 0.4) is 0 Å². The Kier molecular flexibility index (Phi) is 4.13. The normalized spacial score (nSPS) is 19.7. The molecular formula is C14H18N4O. The average Bonchev–Trinajstić information content (AvgIpc) is 2.45. The zero-order valence-corrected chi connectivity index (χ0v) is 11.3. The maximum Gasteiger partial charge on any atom is 0.255 e. The molecule has 2 rings (SSSR count). The van der Waals surface area contributed by atoms with Crippen LogP contribution in [0.5, 0.6) is 0 Å². The van der Waals surface area contributed by atoms with Crippen molar-refractivity contribution >= 4 is 5.91 Å². The summed E-state index contributed by atoms with van der Waals surface area (Å²) in [6.07, 6.45) is 5.12. The highest BCUT2D eigenvalue weighted by Gasteiger charge is 2.25. The van der Waals surface area contributed by atoms with E-state index in [1.54, 1.807) is 11.0 Å². The summed E-state index contributed by atoms with van der Waals surface area (Å²) in [5.74, 6) is -0.0649. The van der Waals surface area contributed by atoms with Crippen LogP contribution < -0.4 is 0 Å². The molecule has 0 aromatic carbocycles. The van der Waals surface area contributed by atoms with Crippen molar-refractivity contribution in [1.29, 1.82) is 5.26 Å². The van der Waals surface area contributed by atoms with Gasteiger partial charge in [0.1, 0.15) is 6.07 Å². The third-order valence-corrected chi connectivity index (χ3v) is 3.58. The SMILES string of the molecule is CN1CCCC(N(C)C(=O)c2cncc(C#N)c2)C1. The Labute approximate surface area is 113 Å². The lowest BCUT2D eigenvalue weighted by Gasteiger charge is -2.35. The number of amides is 1. The summed E-state index contributed by atoms with van der Waals surface area (Å²) < 4.78 is 0. The average molecular weight is 258 g/mol. The molecule has 1 aliphatic rings. The minimum atomic E-state index is -0.0649. The Bertz CT molecular complexity index is 508. The number of rotatable bonds is 2. The molecule has 0 aliphatic carbocycles. The number of likely N-dealkylation sites (tertiary alicyclic amines) is 1. The number of nitrogens with zero attached hydrogens (tertiary/aromatic N) is 4. The first-order valence-corrected chi connectivity index (χ1v) is 6.42. The van der Waals surface area contributed by atoms with Gasteiger partial charge in [-0.15, -0.1) is 0 Å². The van der Waals surface area contributed by atoms with Crippen LogP contribution in [0.25, 0.3) is 0 Å². The summed E-state index contributed by atoms with van der Waals surface area (Å²) in [5, 5.41) is 8.84. The van der Waals surface area contributed by atoms with E-state index in [4.69, 9.17) is 5.26 Å². The van der Waals surface area contributed by atoms with Crippen LogP contribution in [0, 0.1) is 11.3 Å². The van der Waals surface area contributed by atoms with Crippen molar-refractivity contribution in [1.82, 2.24) is 14.8 Å². The monoisotopic (exact) mass is 258 g/mol. The highest BCUT2D eigenvalue weighted by Crippen LogP contribution is 2.16. The van der Waals surface area contributed by atoms with Crippen molar-refractivity contribution < 1.29 is 4.79 Å². The predicted octanol–water partition coefficient (Wildman–Crippen LogP) is 1.12. The van der Waals surface area contributed by atoms with E-state index in [1.165, 1.54) is 12.4 Å². The Balaban J connectivity index is 2.12. The number of carbonyl (C=O) groups excluding carboxylic acids is 1. The fourth-order valence-electron chi connectivity index (χ4n) is 2.44. The van der Waals surface area contributed by atoms with Crippen molar-refractivity contribution in [2.75, 3.05) is 27.2 Å². The molecule has 1 unspecified atom stereocenters. The summed E-state index contributed by atoms with van der Waals surface area (Å²) in [7, 11) is 3.90. The van der Waals surface area contributed by atoms with Crippen molar-refractivity contribution in [3.8, 4) is 6.07 Å². The first kappa shape index (κ1) is 13.5. The fraction of sp³-hybridized carbons (Fsp3) is 0.500. The number of hydrogen-bond donors (Lipinski definition) is 0. The number of carbonyl (C=O) groups is 1. The first-order chi connectivity index (χ1) is 9.11. The van der Waals surface area contributed by atoms with E-state index in [1.807, 2.05) is 13.1 Å². The Morgan fingerprint density at radius 2 is 2.37 bits per heavy atom. The molecular weight excluding hydrogens is 240 g/mol. The zero-order valence-electron chi connectivity index (χ0n) is 11.3. The molecule has 1 saturated heterocycles. The number of likely N-dealkylation sites (N-methyl/N-ethyl adjacent to an activating group) is 2. The molecule has 1 atom stereocenters. The molecule has 5 heteroatoms. The van der Waals surface area contributed by atoms with E-state index in [0.29, 0.717) is 11.1 Å². The van der Waals surface area contributed by atoms with Crippen LogP contribution in [0.1, 0.15) is 28.8 Å². The quantitative estimate of drug-likeness (QED) is 0.797. The number of piperidine rings is 1. The van der Waals surface area contributed by atoms with Crippen molar-refractivity contribution in [2.24, 2.45) is 0 Å². The molecule has 1 fully saturated rings. The lowest BCUT2D eigenvalue weighted by atomic mass is 10.0. The van der Waals surface area contributed by atoms with Crippen LogP contribution in [0.15, 0.2) is 18.5 Å². The standard InChI is InChI=1S/C14H18N4O/c1-17-5-3-4-13(10-17)18(2)14(19)12-6-11(7-15)8-16-9-12/h6,8-9,13H,3-5,10H2,1-2H3. The zero-order chi connectivity index (χ0) is 13.8. The topological polar surface area (TPSA) is 60.2 Å². The van der Waals surface area contributed by atoms with E-state index in [0.717, 1.165) is 25.9 Å². The molecule has 0 saturated carbocycles. The summed E-state index contributed by atoms with van der Waals surface area (Å²) in [6, 6.07) is 3.84. The predicted molar refractivity (Wildman–Crippen MR) is 71.6 cm³/mol. The molecule has 0 radical (unpaired) electrons. The van der Waals surface area contributed by atoms with Crippen LogP contribution in [-0.4, -0.2) is 53.9 Å². The summed E-state index contributed by atoms with van der Waals surface area (Å²) >= 11 is 0. The van der Waals surface area contributed by atoms with E-state index in [9.17, 15) is 4.79 Å². The highest BCUT2D eigenvalue weighted by molar-refractivity contribution is 5.94. The minimum Gasteiger partial charge on any atom is -0.337 e. The lowest BCUT2D eigenvalue weighted by molar-refractivity contribution is 0.0643. The summed E-state index contributed by atoms with van der Waals surface area (Å²) in [6.45, 7) is 1.98. The molecule has 2 heterocycles. The first-order valence-electron chi connectivity index (χ1n) is 6.42. The van der Waals surface area contributed by atoms with Crippen LogP contribution in [0.2, 0.25) is 0 Å². The lowest BCUT2D eigenvalue weighted by Crippen LogP contribution is -2.47. The summed E-state index contributed by atoms with van der Waals surface area (Å²) in [4.78, 5) is 20.3.